The number of ether oxygens (including phenoxy) is 1. The van der Waals surface area contributed by atoms with Crippen molar-refractivity contribution in [3.05, 3.63) is 51.1 Å². The van der Waals surface area contributed by atoms with Gasteiger partial charge in [0.2, 0.25) is 0 Å². The quantitative estimate of drug-likeness (QED) is 0.454. The largest absolute Gasteiger partial charge is 0.456 e. The molecular weight excluding hydrogens is 349 g/mol. The molecule has 1 aromatic carbocycles. The van der Waals surface area contributed by atoms with Crippen molar-refractivity contribution in [3.8, 4) is 0 Å². The molecule has 1 amide bonds. The molecule has 2 aromatic rings. The predicted octanol–water partition coefficient (Wildman–Crippen LogP) is 2.45. The molecule has 10 heteroatoms. The summed E-state index contributed by atoms with van der Waals surface area (Å²) in [6, 6.07) is 2.72. The molecule has 0 spiro atoms. The third-order valence-electron chi connectivity index (χ3n) is 3.56. The van der Waals surface area contributed by atoms with Crippen LogP contribution in [0.1, 0.15) is 23.4 Å². The first-order valence-corrected chi connectivity index (χ1v) is 7.59. The monoisotopic (exact) mass is 365 g/mol. The first kappa shape index (κ1) is 19.0. The topological polar surface area (TPSA) is 125 Å². The average Bonchev–Trinajstić information content (AvgIpc) is 2.91. The van der Waals surface area contributed by atoms with Crippen molar-refractivity contribution in [1.29, 1.82) is 0 Å². The third kappa shape index (κ3) is 4.85. The van der Waals surface area contributed by atoms with Crippen LogP contribution in [0.3, 0.4) is 0 Å². The molecule has 1 heterocycles. The minimum absolute atomic E-state index is 0.0152. The Kier molecular flexibility index (Phi) is 5.99. The van der Waals surface area contributed by atoms with Gasteiger partial charge in [0.15, 0.2) is 6.61 Å². The molecule has 1 aromatic heterocycles. The van der Waals surface area contributed by atoms with E-state index in [4.69, 9.17) is 9.26 Å². The number of halogens is 1. The summed E-state index contributed by atoms with van der Waals surface area (Å²) in [5, 5.41) is 16.6. The fourth-order valence-electron chi connectivity index (χ4n) is 2.21. The van der Waals surface area contributed by atoms with Crippen LogP contribution in [-0.2, 0) is 20.7 Å². The van der Waals surface area contributed by atoms with Gasteiger partial charge in [0.25, 0.3) is 11.6 Å². The molecular formula is C16H16FN3O6. The lowest BCUT2D eigenvalue weighted by molar-refractivity contribution is -0.384. The maximum absolute atomic E-state index is 13.6. The lowest BCUT2D eigenvalue weighted by Crippen LogP contribution is -2.21. The highest BCUT2D eigenvalue weighted by Gasteiger charge is 2.15. The zero-order valence-electron chi connectivity index (χ0n) is 14.1. The summed E-state index contributed by atoms with van der Waals surface area (Å²) < 4.78 is 23.4. The second-order valence-corrected chi connectivity index (χ2v) is 5.43. The zero-order valence-corrected chi connectivity index (χ0v) is 14.1. The summed E-state index contributed by atoms with van der Waals surface area (Å²) in [6.45, 7) is 2.84. The molecule has 0 bridgehead atoms. The molecule has 138 valence electrons. The third-order valence-corrected chi connectivity index (χ3v) is 3.56. The Morgan fingerprint density at radius 2 is 2.12 bits per heavy atom. The van der Waals surface area contributed by atoms with E-state index in [0.29, 0.717) is 17.9 Å². The van der Waals surface area contributed by atoms with Crippen molar-refractivity contribution in [2.45, 2.75) is 26.7 Å². The molecule has 2 rings (SSSR count). The van der Waals surface area contributed by atoms with E-state index >= 15 is 0 Å². The normalized spacial score (nSPS) is 10.4. The van der Waals surface area contributed by atoms with E-state index in [1.54, 1.807) is 13.8 Å². The number of rotatable bonds is 7. The van der Waals surface area contributed by atoms with Gasteiger partial charge >= 0.3 is 5.97 Å². The molecule has 0 saturated heterocycles. The molecule has 0 aliphatic heterocycles. The highest BCUT2D eigenvalue weighted by atomic mass is 19.1. The highest BCUT2D eigenvalue weighted by molar-refractivity contribution is 5.93. The summed E-state index contributed by atoms with van der Waals surface area (Å²) in [5.41, 5.74) is 0.730. The number of aryl methyl sites for hydroxylation is 2. The number of anilines is 1. The number of nitrogens with zero attached hydrogens (tertiary/aromatic N) is 2. The van der Waals surface area contributed by atoms with E-state index in [1.165, 1.54) is 0 Å². The zero-order chi connectivity index (χ0) is 19.3. The number of non-ortho nitro benzene ring substituents is 1. The number of nitrogens with one attached hydrogen (secondary N) is 1. The fraction of sp³-hybridized carbons (Fsp3) is 0.312. The average molecular weight is 365 g/mol. The van der Waals surface area contributed by atoms with Gasteiger partial charge in [0.05, 0.1) is 16.3 Å². The van der Waals surface area contributed by atoms with Crippen LogP contribution in [0.2, 0.25) is 0 Å². The number of nitro benzene ring substituents is 1. The molecule has 0 fully saturated rings. The van der Waals surface area contributed by atoms with E-state index in [9.17, 15) is 24.1 Å². The van der Waals surface area contributed by atoms with E-state index in [0.717, 1.165) is 23.8 Å². The van der Waals surface area contributed by atoms with Crippen molar-refractivity contribution < 1.29 is 28.2 Å². The number of amides is 1. The van der Waals surface area contributed by atoms with Crippen molar-refractivity contribution in [2.24, 2.45) is 0 Å². The van der Waals surface area contributed by atoms with Crippen LogP contribution in [-0.4, -0.2) is 28.6 Å². The summed E-state index contributed by atoms with van der Waals surface area (Å²) >= 11 is 0. The van der Waals surface area contributed by atoms with Crippen molar-refractivity contribution in [2.75, 3.05) is 11.9 Å². The van der Waals surface area contributed by atoms with Gasteiger partial charge in [-0.2, -0.15) is 0 Å². The molecule has 0 atom stereocenters. The maximum atomic E-state index is 13.6. The Labute approximate surface area is 147 Å². The van der Waals surface area contributed by atoms with Gasteiger partial charge in [0, 0.05) is 24.1 Å². The molecule has 0 aliphatic carbocycles. The standard InChI is InChI=1S/C16H16FN3O6/c1-9-12(10(2)26-19-9)4-6-16(22)25-8-15(21)18-14-7-11(20(23)24)3-5-13(14)17/h3,5,7H,4,6,8H2,1-2H3,(H,18,21). The Morgan fingerprint density at radius 1 is 1.38 bits per heavy atom. The molecule has 1 N–H and O–H groups in total. The number of benzene rings is 1. The lowest BCUT2D eigenvalue weighted by Gasteiger charge is -2.07. The summed E-state index contributed by atoms with van der Waals surface area (Å²) in [5.74, 6) is -1.67. The number of carbonyl (C=O) groups is 2. The lowest BCUT2D eigenvalue weighted by atomic mass is 10.1. The van der Waals surface area contributed by atoms with Crippen LogP contribution in [0.15, 0.2) is 22.7 Å². The van der Waals surface area contributed by atoms with Gasteiger partial charge in [-0.15, -0.1) is 0 Å². The first-order valence-electron chi connectivity index (χ1n) is 7.59. The number of hydrogen-bond acceptors (Lipinski definition) is 7. The van der Waals surface area contributed by atoms with Crippen molar-refractivity contribution in [1.82, 2.24) is 5.16 Å². The van der Waals surface area contributed by atoms with Gasteiger partial charge in [-0.1, -0.05) is 5.16 Å². The highest BCUT2D eigenvalue weighted by Crippen LogP contribution is 2.21. The Bertz CT molecular complexity index is 829. The van der Waals surface area contributed by atoms with E-state index in [-0.39, 0.29) is 17.8 Å². The van der Waals surface area contributed by atoms with E-state index < -0.39 is 29.2 Å². The van der Waals surface area contributed by atoms with Crippen LogP contribution >= 0.6 is 0 Å². The molecule has 9 nitrogen and oxygen atoms in total. The molecule has 0 radical (unpaired) electrons. The second kappa shape index (κ2) is 8.19. The van der Waals surface area contributed by atoms with Gasteiger partial charge < -0.3 is 14.6 Å². The predicted molar refractivity (Wildman–Crippen MR) is 86.9 cm³/mol. The minimum Gasteiger partial charge on any atom is -0.456 e. The minimum atomic E-state index is -0.839. The summed E-state index contributed by atoms with van der Waals surface area (Å²) in [7, 11) is 0. The number of carbonyl (C=O) groups excluding carboxylic acids is 2. The van der Waals surface area contributed by atoms with E-state index in [2.05, 4.69) is 10.5 Å². The molecule has 0 saturated carbocycles. The van der Waals surface area contributed by atoms with Gasteiger partial charge in [0.1, 0.15) is 11.6 Å². The van der Waals surface area contributed by atoms with Crippen molar-refractivity contribution >= 4 is 23.3 Å². The van der Waals surface area contributed by atoms with Crippen molar-refractivity contribution in [3.63, 3.8) is 0 Å². The van der Waals surface area contributed by atoms with Gasteiger partial charge in [-0.05, 0) is 26.3 Å². The van der Waals surface area contributed by atoms with Crippen LogP contribution in [0, 0.1) is 29.8 Å². The number of hydrogen-bond donors (Lipinski definition) is 1. The van der Waals surface area contributed by atoms with Gasteiger partial charge in [-0.3, -0.25) is 19.7 Å². The van der Waals surface area contributed by atoms with Crippen LogP contribution in [0.5, 0.6) is 0 Å². The first-order chi connectivity index (χ1) is 12.3. The Balaban J connectivity index is 1.84. The number of nitro groups is 1. The smallest absolute Gasteiger partial charge is 0.306 e. The number of aromatic nitrogens is 1. The van der Waals surface area contributed by atoms with Crippen LogP contribution in [0.25, 0.3) is 0 Å². The Hall–Kier alpha value is -3.30. The van der Waals surface area contributed by atoms with Gasteiger partial charge in [-0.25, -0.2) is 4.39 Å². The summed E-state index contributed by atoms with van der Waals surface area (Å²) in [4.78, 5) is 33.4. The maximum Gasteiger partial charge on any atom is 0.306 e. The second-order valence-electron chi connectivity index (χ2n) is 5.43. The Morgan fingerprint density at radius 3 is 2.73 bits per heavy atom. The summed E-state index contributed by atoms with van der Waals surface area (Å²) in [6.07, 6.45) is 0.364. The van der Waals surface area contributed by atoms with Crippen LogP contribution < -0.4 is 5.32 Å². The van der Waals surface area contributed by atoms with Crippen LogP contribution in [0.4, 0.5) is 15.8 Å². The molecule has 0 aliphatic rings. The SMILES string of the molecule is Cc1noc(C)c1CCC(=O)OCC(=O)Nc1cc([N+](=O)[O-])ccc1F. The molecule has 26 heavy (non-hydrogen) atoms. The van der Waals surface area contributed by atoms with E-state index in [1.807, 2.05) is 0 Å². The fourth-order valence-corrected chi connectivity index (χ4v) is 2.21. The number of esters is 1. The molecule has 0 unspecified atom stereocenters.